The van der Waals surface area contributed by atoms with Crippen molar-refractivity contribution >= 4 is 23.1 Å². The van der Waals surface area contributed by atoms with Crippen LogP contribution < -0.4 is 4.90 Å². The summed E-state index contributed by atoms with van der Waals surface area (Å²) >= 11 is 0. The van der Waals surface area contributed by atoms with E-state index in [2.05, 4.69) is 18.1 Å². The van der Waals surface area contributed by atoms with Gasteiger partial charge in [-0.3, -0.25) is 14.5 Å². The fourth-order valence-corrected chi connectivity index (χ4v) is 5.41. The Morgan fingerprint density at radius 1 is 1.25 bits per heavy atom. The summed E-state index contributed by atoms with van der Waals surface area (Å²) in [6.07, 6.45) is 14.4. The Bertz CT molecular complexity index is 1230. The molecule has 2 aromatic rings. The second-order valence-electron chi connectivity index (χ2n) is 9.60. The zero-order valence-electron chi connectivity index (χ0n) is 21.6. The molecule has 4 rings (SSSR count). The van der Waals surface area contributed by atoms with Crippen LogP contribution in [0, 0.1) is 6.92 Å². The van der Waals surface area contributed by atoms with Crippen molar-refractivity contribution in [3.05, 3.63) is 90.7 Å². The lowest BCUT2D eigenvalue weighted by molar-refractivity contribution is -0.132. The first kappa shape index (κ1) is 25.4. The predicted octanol–water partition coefficient (Wildman–Crippen LogP) is 5.82. The quantitative estimate of drug-likeness (QED) is 0.466. The molecule has 2 aliphatic rings. The molecule has 188 valence electrons. The smallest absolute Gasteiger partial charge is 0.255 e. The van der Waals surface area contributed by atoms with Crippen LogP contribution in [0.4, 0.5) is 5.69 Å². The number of allylic oxidation sites excluding steroid dienone is 4. The summed E-state index contributed by atoms with van der Waals surface area (Å²) in [7, 11) is 0. The molecule has 0 radical (unpaired) electrons. The van der Waals surface area contributed by atoms with Crippen LogP contribution in [0.3, 0.4) is 0 Å². The lowest BCUT2D eigenvalue weighted by Gasteiger charge is -2.33. The van der Waals surface area contributed by atoms with E-state index in [0.717, 1.165) is 53.9 Å². The van der Waals surface area contributed by atoms with E-state index < -0.39 is 6.04 Å². The predicted molar refractivity (Wildman–Crippen MR) is 145 cm³/mol. The van der Waals surface area contributed by atoms with Crippen LogP contribution in [-0.4, -0.2) is 38.3 Å². The van der Waals surface area contributed by atoms with E-state index >= 15 is 0 Å². The van der Waals surface area contributed by atoms with Crippen molar-refractivity contribution in [3.8, 4) is 0 Å². The summed E-state index contributed by atoms with van der Waals surface area (Å²) in [6, 6.07) is 7.18. The summed E-state index contributed by atoms with van der Waals surface area (Å²) in [4.78, 5) is 35.8. The average molecular weight is 485 g/mol. The van der Waals surface area contributed by atoms with E-state index in [1.807, 2.05) is 66.7 Å². The summed E-state index contributed by atoms with van der Waals surface area (Å²) in [5.74, 6) is 0.508. The number of nitrogens with zero attached hydrogens (tertiary/aromatic N) is 4. The van der Waals surface area contributed by atoms with E-state index in [9.17, 15) is 9.59 Å². The standard InChI is InChI=1S/C30H36N4O2/c1-6-12-21(3)24-13-11-16-26(19-24)34(28(35)20-32-18-17-31-23(32)5)29-27(7-2)22(4)33(30(29)36)25-14-9-8-10-15-25/h6-7,11-13,16-19,25,29H,1,4,8-10,14-15,20H2,2-3,5H3/b21-12+,27-7+. The first-order chi connectivity index (χ1) is 17.4. The first-order valence-electron chi connectivity index (χ1n) is 12.8. The number of hydrogen-bond donors (Lipinski definition) is 0. The highest BCUT2D eigenvalue weighted by Crippen LogP contribution is 2.39. The van der Waals surface area contributed by atoms with Crippen LogP contribution in [-0.2, 0) is 16.1 Å². The van der Waals surface area contributed by atoms with Gasteiger partial charge in [-0.2, -0.15) is 0 Å². The van der Waals surface area contributed by atoms with Crippen molar-refractivity contribution in [3.63, 3.8) is 0 Å². The van der Waals surface area contributed by atoms with Gasteiger partial charge in [-0.1, -0.05) is 62.8 Å². The molecule has 2 amide bonds. The van der Waals surface area contributed by atoms with Gasteiger partial charge in [-0.25, -0.2) is 4.98 Å². The number of benzene rings is 1. The van der Waals surface area contributed by atoms with Gasteiger partial charge in [0.15, 0.2) is 0 Å². The van der Waals surface area contributed by atoms with Gasteiger partial charge in [-0.05, 0) is 56.9 Å². The van der Waals surface area contributed by atoms with E-state index in [4.69, 9.17) is 0 Å². The maximum atomic E-state index is 14.1. The van der Waals surface area contributed by atoms with Crippen molar-refractivity contribution in [2.45, 2.75) is 71.5 Å². The molecule has 36 heavy (non-hydrogen) atoms. The maximum Gasteiger partial charge on any atom is 0.255 e. The van der Waals surface area contributed by atoms with Gasteiger partial charge in [-0.15, -0.1) is 0 Å². The van der Waals surface area contributed by atoms with E-state index in [1.165, 1.54) is 6.42 Å². The lowest BCUT2D eigenvalue weighted by atomic mass is 9.94. The number of carbonyl (C=O) groups excluding carboxylic acids is 2. The number of hydrogen-bond acceptors (Lipinski definition) is 3. The van der Waals surface area contributed by atoms with Crippen LogP contribution >= 0.6 is 0 Å². The molecule has 1 aromatic heterocycles. The largest absolute Gasteiger partial charge is 0.326 e. The Hall–Kier alpha value is -3.67. The minimum atomic E-state index is -0.750. The van der Waals surface area contributed by atoms with Crippen molar-refractivity contribution in [1.82, 2.24) is 14.5 Å². The van der Waals surface area contributed by atoms with Crippen molar-refractivity contribution < 1.29 is 9.59 Å². The van der Waals surface area contributed by atoms with Gasteiger partial charge in [0.1, 0.15) is 18.4 Å². The number of anilines is 1. The Kier molecular flexibility index (Phi) is 7.73. The Morgan fingerprint density at radius 3 is 2.64 bits per heavy atom. The molecule has 2 heterocycles. The number of rotatable bonds is 7. The Labute approximate surface area is 214 Å². The number of carbonyl (C=O) groups is 2. The minimum absolute atomic E-state index is 0.0699. The molecule has 6 heteroatoms. The van der Waals surface area contributed by atoms with E-state index in [1.54, 1.807) is 23.4 Å². The fraction of sp³-hybridized carbons (Fsp3) is 0.367. The van der Waals surface area contributed by atoms with Crippen LogP contribution in [0.15, 0.2) is 79.3 Å². The van der Waals surface area contributed by atoms with Crippen LogP contribution in [0.25, 0.3) is 5.57 Å². The third-order valence-electron chi connectivity index (χ3n) is 7.34. The molecule has 2 fully saturated rings. The fourth-order valence-electron chi connectivity index (χ4n) is 5.41. The molecule has 1 aromatic carbocycles. The summed E-state index contributed by atoms with van der Waals surface area (Å²) in [5, 5.41) is 0. The third kappa shape index (κ3) is 4.85. The monoisotopic (exact) mass is 484 g/mol. The molecule has 1 saturated carbocycles. The highest BCUT2D eigenvalue weighted by molar-refractivity contribution is 6.06. The first-order valence-corrected chi connectivity index (χ1v) is 12.8. The van der Waals surface area contributed by atoms with Crippen molar-refractivity contribution in [1.29, 1.82) is 0 Å². The molecule has 1 unspecified atom stereocenters. The van der Waals surface area contributed by atoms with Crippen LogP contribution in [0.2, 0.25) is 0 Å². The highest BCUT2D eigenvalue weighted by atomic mass is 16.2. The lowest BCUT2D eigenvalue weighted by Crippen LogP contribution is -2.49. The topological polar surface area (TPSA) is 58.4 Å². The van der Waals surface area contributed by atoms with Gasteiger partial charge < -0.3 is 9.47 Å². The number of aromatic nitrogens is 2. The van der Waals surface area contributed by atoms with Crippen molar-refractivity contribution in [2.24, 2.45) is 0 Å². The molecular weight excluding hydrogens is 448 g/mol. The normalized spacial score (nSPS) is 20.3. The van der Waals surface area contributed by atoms with E-state index in [0.29, 0.717) is 5.69 Å². The molecule has 1 aliphatic heterocycles. The van der Waals surface area contributed by atoms with Gasteiger partial charge >= 0.3 is 0 Å². The molecule has 6 nitrogen and oxygen atoms in total. The number of amides is 2. The third-order valence-corrected chi connectivity index (χ3v) is 7.34. The number of imidazole rings is 1. The molecule has 0 N–H and O–H groups in total. The summed E-state index contributed by atoms with van der Waals surface area (Å²) in [6.45, 7) is 14.0. The second kappa shape index (κ2) is 10.9. The van der Waals surface area contributed by atoms with Gasteiger partial charge in [0, 0.05) is 35.4 Å². The highest BCUT2D eigenvalue weighted by Gasteiger charge is 2.47. The minimum Gasteiger partial charge on any atom is -0.326 e. The summed E-state index contributed by atoms with van der Waals surface area (Å²) in [5.41, 5.74) is 4.20. The zero-order chi connectivity index (χ0) is 25.8. The number of aryl methyl sites for hydroxylation is 1. The van der Waals surface area contributed by atoms with Crippen LogP contribution in [0.1, 0.15) is 57.3 Å². The molecule has 1 saturated heterocycles. The average Bonchev–Trinajstić information content (AvgIpc) is 3.39. The van der Waals surface area contributed by atoms with Crippen LogP contribution in [0.5, 0.6) is 0 Å². The van der Waals surface area contributed by atoms with Crippen molar-refractivity contribution in [2.75, 3.05) is 4.90 Å². The molecule has 0 spiro atoms. The molecule has 1 aliphatic carbocycles. The molecule has 1 atom stereocenters. The van der Waals surface area contributed by atoms with Gasteiger partial charge in [0.05, 0.1) is 0 Å². The Balaban J connectivity index is 1.79. The summed E-state index contributed by atoms with van der Waals surface area (Å²) < 4.78 is 1.81. The Morgan fingerprint density at radius 2 is 2.00 bits per heavy atom. The number of likely N-dealkylation sites (tertiary alicyclic amines) is 1. The maximum absolute atomic E-state index is 14.1. The second-order valence-corrected chi connectivity index (χ2v) is 9.60. The van der Waals surface area contributed by atoms with E-state index in [-0.39, 0.29) is 24.4 Å². The zero-order valence-corrected chi connectivity index (χ0v) is 21.6. The SMILES string of the molecule is C=C/C=C(\C)c1cccc(N(C(=O)Cn2ccnc2C)C2C(=O)N(C3CCCCC3)C(=C)/C2=C\C)c1. The van der Waals surface area contributed by atoms with Gasteiger partial charge in [0.25, 0.3) is 5.91 Å². The van der Waals surface area contributed by atoms with Gasteiger partial charge in [0.2, 0.25) is 5.91 Å². The molecule has 0 bridgehead atoms. The molecular formula is C30H36N4O2.